The van der Waals surface area contributed by atoms with Crippen LogP contribution in [0.4, 0.5) is 0 Å². The monoisotopic (exact) mass is 237 g/mol. The number of carbonyl (C=O) groups is 2. The average molecular weight is 237 g/mol. The fourth-order valence-corrected chi connectivity index (χ4v) is 2.45. The van der Waals surface area contributed by atoms with E-state index in [1.165, 1.54) is 21.1 Å². The Kier molecular flexibility index (Phi) is 5.72. The molecule has 1 unspecified atom stereocenters. The Morgan fingerprint density at radius 1 is 1.33 bits per heavy atom. The molecule has 0 bridgehead atoms. The Bertz CT molecular complexity index is 283. The van der Waals surface area contributed by atoms with Gasteiger partial charge in [-0.05, 0) is 0 Å². The Hall–Kier alpha value is -0.710. The molecule has 1 N–H and O–H groups in total. The zero-order chi connectivity index (χ0) is 12.1. The van der Waals surface area contributed by atoms with E-state index in [0.717, 1.165) is 0 Å². The largest absolute Gasteiger partial charge is 0.359 e. The highest BCUT2D eigenvalue weighted by molar-refractivity contribution is 7.55. The molecule has 0 saturated carbocycles. The van der Waals surface area contributed by atoms with Gasteiger partial charge in [-0.2, -0.15) is 0 Å². The molecule has 1 atom stereocenters. The van der Waals surface area contributed by atoms with Gasteiger partial charge < -0.3 is 14.4 Å². The molecule has 0 aromatic heterocycles. The van der Waals surface area contributed by atoms with Crippen molar-refractivity contribution < 1.29 is 23.2 Å². The number of Topliss-reactive ketones (excluding diaryl/α,β-unsaturated/α-hetero) is 1. The van der Waals surface area contributed by atoms with Crippen molar-refractivity contribution in [1.82, 2.24) is 5.32 Å². The normalized spacial score (nSPS) is 13.3. The number of ketones is 1. The second-order valence-electron chi connectivity index (χ2n) is 2.83. The maximum absolute atomic E-state index is 11.9. The number of hydrogen-bond donors (Lipinski definition) is 1. The van der Waals surface area contributed by atoms with E-state index < -0.39 is 25.1 Å². The number of rotatable bonds is 6. The van der Waals surface area contributed by atoms with Gasteiger partial charge in [0.25, 0.3) is 0 Å². The molecule has 0 radical (unpaired) electrons. The predicted octanol–water partition coefficient (Wildman–Crippen LogP) is 0.914. The van der Waals surface area contributed by atoms with E-state index in [4.69, 9.17) is 0 Å². The van der Waals surface area contributed by atoms with Crippen molar-refractivity contribution >= 4 is 19.3 Å². The predicted molar refractivity (Wildman–Crippen MR) is 54.5 cm³/mol. The van der Waals surface area contributed by atoms with Crippen molar-refractivity contribution in [3.05, 3.63) is 0 Å². The summed E-state index contributed by atoms with van der Waals surface area (Å²) < 4.78 is 21.2. The Balaban J connectivity index is 4.99. The average Bonchev–Trinajstić information content (AvgIpc) is 2.23. The van der Waals surface area contributed by atoms with Crippen LogP contribution in [0.5, 0.6) is 0 Å². The van der Waals surface area contributed by atoms with Gasteiger partial charge in [-0.15, -0.1) is 0 Å². The van der Waals surface area contributed by atoms with Crippen molar-refractivity contribution in [2.75, 3.05) is 14.2 Å². The molecule has 0 saturated heterocycles. The maximum atomic E-state index is 11.9. The summed E-state index contributed by atoms with van der Waals surface area (Å²) in [5.74, 6) is -2.08. The molecule has 1 amide bonds. The minimum atomic E-state index is -3.60. The van der Waals surface area contributed by atoms with Gasteiger partial charge in [-0.25, -0.2) is 0 Å². The van der Waals surface area contributed by atoms with E-state index in [-0.39, 0.29) is 6.42 Å². The summed E-state index contributed by atoms with van der Waals surface area (Å²) in [6, 6.07) is 0. The fourth-order valence-electron chi connectivity index (χ4n) is 1.01. The third-order valence-corrected chi connectivity index (χ3v) is 3.89. The van der Waals surface area contributed by atoms with E-state index in [1.807, 2.05) is 0 Å². The summed E-state index contributed by atoms with van der Waals surface area (Å²) in [6.45, 7) is 2.83. The lowest BCUT2D eigenvalue weighted by atomic mass is 10.3. The maximum Gasteiger partial charge on any atom is 0.359 e. The Morgan fingerprint density at radius 3 is 2.07 bits per heavy atom. The van der Waals surface area contributed by atoms with Gasteiger partial charge in [-0.1, -0.05) is 6.92 Å². The molecule has 0 aliphatic carbocycles. The molecule has 0 aromatic carbocycles. The van der Waals surface area contributed by atoms with Crippen LogP contribution in [0.1, 0.15) is 20.3 Å². The van der Waals surface area contributed by atoms with E-state index in [9.17, 15) is 14.2 Å². The molecule has 0 aliphatic rings. The quantitative estimate of drug-likeness (QED) is 0.694. The van der Waals surface area contributed by atoms with Crippen LogP contribution in [0.3, 0.4) is 0 Å². The first kappa shape index (κ1) is 14.3. The first-order valence-corrected chi connectivity index (χ1v) is 6.03. The highest BCUT2D eigenvalue weighted by atomic mass is 31.2. The zero-order valence-corrected chi connectivity index (χ0v) is 10.2. The van der Waals surface area contributed by atoms with Gasteiger partial charge in [0.2, 0.25) is 5.91 Å². The van der Waals surface area contributed by atoms with Crippen molar-refractivity contribution in [3.63, 3.8) is 0 Å². The molecule has 0 fully saturated rings. The highest BCUT2D eigenvalue weighted by Gasteiger charge is 2.39. The fraction of sp³-hybridized carbons (Fsp3) is 0.750. The third kappa shape index (κ3) is 3.74. The van der Waals surface area contributed by atoms with Crippen LogP contribution in [0.15, 0.2) is 0 Å². The lowest BCUT2D eigenvalue weighted by Gasteiger charge is -2.23. The molecule has 6 nitrogen and oxygen atoms in total. The first-order valence-electron chi connectivity index (χ1n) is 4.42. The molecule has 88 valence electrons. The molecule has 0 aromatic rings. The van der Waals surface area contributed by atoms with E-state index in [2.05, 4.69) is 14.4 Å². The Labute approximate surface area is 88.9 Å². The van der Waals surface area contributed by atoms with Crippen molar-refractivity contribution in [2.45, 2.75) is 26.1 Å². The van der Waals surface area contributed by atoms with Gasteiger partial charge in [0, 0.05) is 27.6 Å². The second kappa shape index (κ2) is 6.00. The molecular weight excluding hydrogens is 221 g/mol. The molecular formula is C8H16NO5P. The lowest BCUT2D eigenvalue weighted by Crippen LogP contribution is -2.39. The number of carbonyl (C=O) groups excluding carboxylic acids is 2. The standard InChI is InChI=1S/C8H16NO5P/c1-5-7(11)8(9-6(2)10)15(12,13-3)14-4/h8H,5H2,1-4H3,(H,9,10). The summed E-state index contributed by atoms with van der Waals surface area (Å²) in [4.78, 5) is 22.3. The first-order chi connectivity index (χ1) is 6.91. The van der Waals surface area contributed by atoms with Crippen LogP contribution >= 0.6 is 7.60 Å². The number of nitrogens with one attached hydrogen (secondary N) is 1. The molecule has 0 spiro atoms. The Morgan fingerprint density at radius 2 is 1.80 bits per heavy atom. The summed E-state index contributed by atoms with van der Waals surface area (Å²) >= 11 is 0. The topological polar surface area (TPSA) is 81.7 Å². The lowest BCUT2D eigenvalue weighted by molar-refractivity contribution is -0.125. The van der Waals surface area contributed by atoms with Crippen LogP contribution in [0.2, 0.25) is 0 Å². The van der Waals surface area contributed by atoms with Crippen LogP contribution in [0.25, 0.3) is 0 Å². The van der Waals surface area contributed by atoms with Crippen molar-refractivity contribution in [1.29, 1.82) is 0 Å². The SMILES string of the molecule is CCC(=O)C(NC(C)=O)P(=O)(OC)OC. The van der Waals surface area contributed by atoms with Crippen LogP contribution < -0.4 is 5.32 Å². The zero-order valence-electron chi connectivity index (χ0n) is 9.27. The summed E-state index contributed by atoms with van der Waals surface area (Å²) in [7, 11) is -1.26. The summed E-state index contributed by atoms with van der Waals surface area (Å²) in [6.07, 6.45) is 0.141. The second-order valence-corrected chi connectivity index (χ2v) is 5.15. The van der Waals surface area contributed by atoms with Crippen molar-refractivity contribution in [2.24, 2.45) is 0 Å². The molecule has 0 rings (SSSR count). The molecule has 7 heteroatoms. The highest BCUT2D eigenvalue weighted by Crippen LogP contribution is 2.50. The van der Waals surface area contributed by atoms with Crippen LogP contribution in [-0.4, -0.2) is 31.7 Å². The number of amides is 1. The van der Waals surface area contributed by atoms with E-state index in [0.29, 0.717) is 0 Å². The van der Waals surface area contributed by atoms with Gasteiger partial charge in [0.05, 0.1) is 0 Å². The smallest absolute Gasteiger partial charge is 0.336 e. The van der Waals surface area contributed by atoms with Crippen LogP contribution in [0, 0.1) is 0 Å². The third-order valence-electron chi connectivity index (χ3n) is 1.82. The summed E-state index contributed by atoms with van der Waals surface area (Å²) in [5.41, 5.74) is 0. The van der Waals surface area contributed by atoms with E-state index in [1.54, 1.807) is 6.92 Å². The van der Waals surface area contributed by atoms with Gasteiger partial charge >= 0.3 is 7.60 Å². The molecule has 0 aliphatic heterocycles. The molecule has 0 heterocycles. The van der Waals surface area contributed by atoms with Gasteiger partial charge in [0.1, 0.15) is 0 Å². The number of hydrogen-bond acceptors (Lipinski definition) is 5. The van der Waals surface area contributed by atoms with E-state index >= 15 is 0 Å². The van der Waals surface area contributed by atoms with Gasteiger partial charge in [-0.3, -0.25) is 14.2 Å². The van der Waals surface area contributed by atoms with Gasteiger partial charge in [0.15, 0.2) is 11.6 Å². The summed E-state index contributed by atoms with van der Waals surface area (Å²) in [5, 5.41) is 2.27. The minimum Gasteiger partial charge on any atom is -0.336 e. The minimum absolute atomic E-state index is 0.141. The van der Waals surface area contributed by atoms with Crippen molar-refractivity contribution in [3.8, 4) is 0 Å². The molecule has 15 heavy (non-hydrogen) atoms. The van der Waals surface area contributed by atoms with Crippen LogP contribution in [-0.2, 0) is 23.2 Å².